The molecular formula is C21H19ClN2O4S. The third kappa shape index (κ3) is 4.37. The van der Waals surface area contributed by atoms with Gasteiger partial charge in [0.05, 0.1) is 0 Å². The highest BCUT2D eigenvalue weighted by Crippen LogP contribution is 2.24. The van der Waals surface area contributed by atoms with Crippen molar-refractivity contribution in [2.75, 3.05) is 26.2 Å². The molecule has 0 saturated carbocycles. The van der Waals surface area contributed by atoms with Crippen molar-refractivity contribution in [1.29, 1.82) is 0 Å². The molecule has 1 aromatic heterocycles. The lowest BCUT2D eigenvalue weighted by atomic mass is 10.2. The molecule has 3 aromatic rings. The van der Waals surface area contributed by atoms with Gasteiger partial charge in [-0.1, -0.05) is 41.9 Å². The number of sulfonamides is 1. The molecule has 1 aliphatic heterocycles. The minimum Gasteiger partial charge on any atom is -0.451 e. The molecule has 4 rings (SSSR count). The Morgan fingerprint density at radius 2 is 1.72 bits per heavy atom. The number of furan rings is 1. The zero-order chi connectivity index (χ0) is 20.4. The number of hydrogen-bond donors (Lipinski definition) is 0. The molecule has 1 fully saturated rings. The molecule has 0 bridgehead atoms. The molecule has 29 heavy (non-hydrogen) atoms. The zero-order valence-electron chi connectivity index (χ0n) is 15.5. The van der Waals surface area contributed by atoms with Crippen molar-refractivity contribution in [1.82, 2.24) is 9.21 Å². The lowest BCUT2D eigenvalue weighted by molar-refractivity contribution is 0.0669. The van der Waals surface area contributed by atoms with E-state index in [-0.39, 0.29) is 24.8 Å². The van der Waals surface area contributed by atoms with Gasteiger partial charge in [0.25, 0.3) is 5.91 Å². The molecule has 150 valence electrons. The summed E-state index contributed by atoms with van der Waals surface area (Å²) in [7, 11) is -3.54. The maximum atomic E-state index is 12.7. The summed E-state index contributed by atoms with van der Waals surface area (Å²) in [5, 5.41) is 2.54. The standard InChI is InChI=1S/C21H19ClN2O4S/c22-18-6-7-19-17(14-18)15-20(28-19)21(25)23-9-11-24(12-10-23)29(26,27)13-8-16-4-2-1-3-5-16/h1-8,13-15H,9-12H2. The van der Waals surface area contributed by atoms with E-state index in [1.807, 2.05) is 30.3 Å². The highest BCUT2D eigenvalue weighted by Gasteiger charge is 2.29. The molecule has 2 aromatic carbocycles. The van der Waals surface area contributed by atoms with Gasteiger partial charge in [-0.25, -0.2) is 8.42 Å². The molecule has 0 atom stereocenters. The van der Waals surface area contributed by atoms with Crippen LogP contribution in [-0.2, 0) is 10.0 Å². The van der Waals surface area contributed by atoms with Crippen LogP contribution >= 0.6 is 11.6 Å². The van der Waals surface area contributed by atoms with Gasteiger partial charge in [-0.05, 0) is 35.9 Å². The SMILES string of the molecule is O=C(c1cc2cc(Cl)ccc2o1)N1CCN(S(=O)(=O)C=Cc2ccccc2)CC1. The van der Waals surface area contributed by atoms with Gasteiger partial charge in [0.2, 0.25) is 10.0 Å². The van der Waals surface area contributed by atoms with Gasteiger partial charge in [0.1, 0.15) is 5.58 Å². The summed E-state index contributed by atoms with van der Waals surface area (Å²) >= 11 is 5.97. The highest BCUT2D eigenvalue weighted by molar-refractivity contribution is 7.92. The summed E-state index contributed by atoms with van der Waals surface area (Å²) in [4.78, 5) is 14.3. The Balaban J connectivity index is 1.41. The van der Waals surface area contributed by atoms with Crippen molar-refractivity contribution in [2.45, 2.75) is 0 Å². The van der Waals surface area contributed by atoms with E-state index in [1.165, 1.54) is 9.71 Å². The van der Waals surface area contributed by atoms with Crippen LogP contribution in [0.4, 0.5) is 0 Å². The number of piperazine rings is 1. The van der Waals surface area contributed by atoms with Gasteiger partial charge in [-0.2, -0.15) is 4.31 Å². The first-order chi connectivity index (χ1) is 13.9. The largest absolute Gasteiger partial charge is 0.451 e. The second-order valence-electron chi connectivity index (χ2n) is 6.74. The van der Waals surface area contributed by atoms with Gasteiger partial charge in [-0.3, -0.25) is 4.79 Å². The van der Waals surface area contributed by atoms with Crippen LogP contribution < -0.4 is 0 Å². The van der Waals surface area contributed by atoms with Crippen LogP contribution in [0, 0.1) is 0 Å². The third-order valence-corrected chi connectivity index (χ3v) is 6.61. The van der Waals surface area contributed by atoms with E-state index < -0.39 is 10.0 Å². The summed E-state index contributed by atoms with van der Waals surface area (Å²) in [6.45, 7) is 1.07. The number of halogens is 1. The minimum atomic E-state index is -3.54. The zero-order valence-corrected chi connectivity index (χ0v) is 17.1. The van der Waals surface area contributed by atoms with Crippen molar-refractivity contribution >= 4 is 44.6 Å². The van der Waals surface area contributed by atoms with E-state index in [1.54, 1.807) is 35.2 Å². The van der Waals surface area contributed by atoms with Crippen LogP contribution in [0.25, 0.3) is 17.0 Å². The van der Waals surface area contributed by atoms with Gasteiger partial charge >= 0.3 is 0 Å². The summed E-state index contributed by atoms with van der Waals surface area (Å²) < 4.78 is 32.1. The normalized spacial score (nSPS) is 16.0. The molecule has 8 heteroatoms. The fourth-order valence-electron chi connectivity index (χ4n) is 3.24. The molecule has 1 amide bonds. The summed E-state index contributed by atoms with van der Waals surface area (Å²) in [5.41, 5.74) is 1.40. The molecule has 0 radical (unpaired) electrons. The number of carbonyl (C=O) groups is 1. The predicted octanol–water partition coefficient (Wildman–Crippen LogP) is 3.84. The Morgan fingerprint density at radius 3 is 2.45 bits per heavy atom. The number of rotatable bonds is 4. The second-order valence-corrected chi connectivity index (χ2v) is 9.00. The van der Waals surface area contributed by atoms with Crippen LogP contribution in [0.5, 0.6) is 0 Å². The molecule has 1 aliphatic rings. The Kier molecular flexibility index (Phi) is 5.45. The predicted molar refractivity (Wildman–Crippen MR) is 113 cm³/mol. The number of nitrogens with zero attached hydrogens (tertiary/aromatic N) is 2. The summed E-state index contributed by atoms with van der Waals surface area (Å²) in [6, 6.07) is 16.1. The fourth-order valence-corrected chi connectivity index (χ4v) is 4.59. The Morgan fingerprint density at radius 1 is 1.00 bits per heavy atom. The van der Waals surface area contributed by atoms with E-state index in [2.05, 4.69) is 0 Å². The van der Waals surface area contributed by atoms with E-state index in [0.717, 1.165) is 10.9 Å². The smallest absolute Gasteiger partial charge is 0.289 e. The van der Waals surface area contributed by atoms with E-state index in [0.29, 0.717) is 23.7 Å². The lowest BCUT2D eigenvalue weighted by Crippen LogP contribution is -2.50. The topological polar surface area (TPSA) is 70.8 Å². The van der Waals surface area contributed by atoms with Crippen molar-refractivity contribution in [3.8, 4) is 0 Å². The summed E-state index contributed by atoms with van der Waals surface area (Å²) in [5.74, 6) is -0.0308. The maximum absolute atomic E-state index is 12.7. The van der Waals surface area contributed by atoms with Crippen molar-refractivity contribution in [3.05, 3.63) is 76.4 Å². The highest BCUT2D eigenvalue weighted by atomic mass is 35.5. The first-order valence-corrected chi connectivity index (χ1v) is 11.0. The number of carbonyl (C=O) groups excluding carboxylic acids is 1. The van der Waals surface area contributed by atoms with Gasteiger partial charge in [0.15, 0.2) is 5.76 Å². The number of hydrogen-bond acceptors (Lipinski definition) is 4. The van der Waals surface area contributed by atoms with Crippen LogP contribution in [-0.4, -0.2) is 49.7 Å². The van der Waals surface area contributed by atoms with Crippen molar-refractivity contribution < 1.29 is 17.6 Å². The molecular weight excluding hydrogens is 412 g/mol. The number of benzene rings is 2. The number of fused-ring (bicyclic) bond motifs is 1. The first kappa shape index (κ1) is 19.7. The molecule has 6 nitrogen and oxygen atoms in total. The average molecular weight is 431 g/mol. The third-order valence-electron chi connectivity index (χ3n) is 4.81. The van der Waals surface area contributed by atoms with Crippen LogP contribution in [0.1, 0.15) is 16.1 Å². The molecule has 0 spiro atoms. The van der Waals surface area contributed by atoms with Gasteiger partial charge < -0.3 is 9.32 Å². The van der Waals surface area contributed by atoms with Crippen LogP contribution in [0.2, 0.25) is 5.02 Å². The molecule has 0 N–H and O–H groups in total. The van der Waals surface area contributed by atoms with Crippen LogP contribution in [0.3, 0.4) is 0 Å². The Hall–Kier alpha value is -2.61. The van der Waals surface area contributed by atoms with E-state index in [4.69, 9.17) is 16.0 Å². The second kappa shape index (κ2) is 8.02. The van der Waals surface area contributed by atoms with Gasteiger partial charge in [-0.15, -0.1) is 0 Å². The molecule has 0 aliphatic carbocycles. The monoisotopic (exact) mass is 430 g/mol. The van der Waals surface area contributed by atoms with Crippen LogP contribution in [0.15, 0.2) is 64.4 Å². The quantitative estimate of drug-likeness (QED) is 0.630. The minimum absolute atomic E-state index is 0.225. The Bertz CT molecular complexity index is 1160. The lowest BCUT2D eigenvalue weighted by Gasteiger charge is -2.32. The first-order valence-electron chi connectivity index (χ1n) is 9.14. The van der Waals surface area contributed by atoms with Crippen molar-refractivity contribution in [2.24, 2.45) is 0 Å². The summed E-state index contributed by atoms with van der Waals surface area (Å²) in [6.07, 6.45) is 1.58. The molecule has 0 unspecified atom stereocenters. The van der Waals surface area contributed by atoms with E-state index >= 15 is 0 Å². The Labute approximate surface area is 174 Å². The molecule has 2 heterocycles. The molecule has 1 saturated heterocycles. The van der Waals surface area contributed by atoms with Gasteiger partial charge in [0, 0.05) is 42.0 Å². The number of amides is 1. The van der Waals surface area contributed by atoms with E-state index in [9.17, 15) is 13.2 Å². The maximum Gasteiger partial charge on any atom is 0.289 e. The fraction of sp³-hybridized carbons (Fsp3) is 0.190. The van der Waals surface area contributed by atoms with Crippen molar-refractivity contribution in [3.63, 3.8) is 0 Å². The average Bonchev–Trinajstić information content (AvgIpc) is 3.16.